The van der Waals surface area contributed by atoms with Crippen molar-refractivity contribution >= 4 is 28.4 Å². The highest BCUT2D eigenvalue weighted by atomic mass is 16.6. The number of rotatable bonds is 3. The van der Waals surface area contributed by atoms with Crippen LogP contribution >= 0.6 is 0 Å². The Morgan fingerprint density at radius 2 is 2.18 bits per heavy atom. The SMILES string of the molecule is O=C(O)C1CCCN(c2nc3ccccc3cc2[N+](=O)[O-])C1. The first-order valence-electron chi connectivity index (χ1n) is 7.08. The molecule has 0 radical (unpaired) electrons. The van der Waals surface area contributed by atoms with Gasteiger partial charge in [-0.25, -0.2) is 4.98 Å². The molecule has 7 heteroatoms. The fourth-order valence-corrected chi connectivity index (χ4v) is 2.83. The van der Waals surface area contributed by atoms with Crippen LogP contribution in [0.2, 0.25) is 0 Å². The lowest BCUT2D eigenvalue weighted by molar-refractivity contribution is -0.384. The summed E-state index contributed by atoms with van der Waals surface area (Å²) in [5.74, 6) is -1.12. The van der Waals surface area contributed by atoms with Gasteiger partial charge in [-0.1, -0.05) is 18.2 Å². The molecule has 0 spiro atoms. The van der Waals surface area contributed by atoms with Gasteiger partial charge in [0, 0.05) is 24.5 Å². The normalized spacial score (nSPS) is 18.4. The van der Waals surface area contributed by atoms with Gasteiger partial charge in [-0.2, -0.15) is 0 Å². The second kappa shape index (κ2) is 5.59. The Kier molecular flexibility index (Phi) is 3.62. The third-order valence-electron chi connectivity index (χ3n) is 3.95. The van der Waals surface area contributed by atoms with Crippen molar-refractivity contribution in [3.05, 3.63) is 40.4 Å². The number of carboxylic acid groups (broad SMARTS) is 1. The largest absolute Gasteiger partial charge is 0.481 e. The van der Waals surface area contributed by atoms with E-state index in [1.54, 1.807) is 23.1 Å². The van der Waals surface area contributed by atoms with Gasteiger partial charge in [0.05, 0.1) is 16.4 Å². The Labute approximate surface area is 126 Å². The molecule has 1 aromatic carbocycles. The second-order valence-corrected chi connectivity index (χ2v) is 5.40. The van der Waals surface area contributed by atoms with E-state index in [-0.39, 0.29) is 18.1 Å². The highest BCUT2D eigenvalue weighted by Crippen LogP contribution is 2.32. The van der Waals surface area contributed by atoms with Crippen molar-refractivity contribution in [3.8, 4) is 0 Å². The van der Waals surface area contributed by atoms with E-state index >= 15 is 0 Å². The Bertz CT molecular complexity index is 747. The number of aliphatic carboxylic acids is 1. The molecule has 1 atom stereocenters. The van der Waals surface area contributed by atoms with Gasteiger partial charge in [-0.3, -0.25) is 14.9 Å². The minimum absolute atomic E-state index is 0.0789. The number of nitrogens with zero attached hydrogens (tertiary/aromatic N) is 3. The smallest absolute Gasteiger partial charge is 0.312 e. The fraction of sp³-hybridized carbons (Fsp3) is 0.333. The van der Waals surface area contributed by atoms with E-state index in [0.717, 1.165) is 0 Å². The Hall–Kier alpha value is -2.70. The van der Waals surface area contributed by atoms with Crippen LogP contribution in [0, 0.1) is 16.0 Å². The number of carbonyl (C=O) groups is 1. The summed E-state index contributed by atoms with van der Waals surface area (Å²) in [5, 5.41) is 21.2. The lowest BCUT2D eigenvalue weighted by atomic mass is 9.98. The van der Waals surface area contributed by atoms with Crippen molar-refractivity contribution < 1.29 is 14.8 Å². The van der Waals surface area contributed by atoms with Gasteiger partial charge in [0.2, 0.25) is 5.82 Å². The molecule has 0 aliphatic carbocycles. The van der Waals surface area contributed by atoms with E-state index in [1.165, 1.54) is 6.07 Å². The second-order valence-electron chi connectivity index (χ2n) is 5.40. The number of hydrogen-bond acceptors (Lipinski definition) is 5. The van der Waals surface area contributed by atoms with Crippen LogP contribution in [-0.4, -0.2) is 34.1 Å². The zero-order valence-corrected chi connectivity index (χ0v) is 11.8. The number of hydrogen-bond donors (Lipinski definition) is 1. The monoisotopic (exact) mass is 301 g/mol. The highest BCUT2D eigenvalue weighted by molar-refractivity contribution is 5.85. The first-order chi connectivity index (χ1) is 10.6. The maximum Gasteiger partial charge on any atom is 0.312 e. The summed E-state index contributed by atoms with van der Waals surface area (Å²) < 4.78 is 0. The van der Waals surface area contributed by atoms with Crippen molar-refractivity contribution in [1.82, 2.24) is 4.98 Å². The molecule has 1 saturated heterocycles. The Morgan fingerprint density at radius 1 is 1.41 bits per heavy atom. The molecular weight excluding hydrogens is 286 g/mol. The molecule has 1 aromatic heterocycles. The van der Waals surface area contributed by atoms with E-state index < -0.39 is 16.8 Å². The molecule has 3 rings (SSSR count). The van der Waals surface area contributed by atoms with Gasteiger partial charge >= 0.3 is 11.7 Å². The zero-order valence-electron chi connectivity index (χ0n) is 11.8. The molecule has 114 valence electrons. The van der Waals surface area contributed by atoms with Crippen LogP contribution in [0.3, 0.4) is 0 Å². The average Bonchev–Trinajstić information content (AvgIpc) is 2.53. The van der Waals surface area contributed by atoms with Crippen molar-refractivity contribution in [3.63, 3.8) is 0 Å². The van der Waals surface area contributed by atoms with Gasteiger partial charge < -0.3 is 10.0 Å². The number of piperidine rings is 1. The lowest BCUT2D eigenvalue weighted by Crippen LogP contribution is -2.39. The predicted molar refractivity (Wildman–Crippen MR) is 81.0 cm³/mol. The van der Waals surface area contributed by atoms with Crippen LogP contribution in [-0.2, 0) is 4.79 Å². The molecule has 22 heavy (non-hydrogen) atoms. The van der Waals surface area contributed by atoms with Crippen LogP contribution in [0.1, 0.15) is 12.8 Å². The number of fused-ring (bicyclic) bond motifs is 1. The summed E-state index contributed by atoms with van der Waals surface area (Å²) in [6.07, 6.45) is 1.27. The Balaban J connectivity index is 2.06. The summed E-state index contributed by atoms with van der Waals surface area (Å²) in [5.41, 5.74) is 0.588. The number of para-hydroxylation sites is 1. The molecule has 0 amide bonds. The summed E-state index contributed by atoms with van der Waals surface area (Å²) in [6, 6.07) is 8.69. The molecule has 1 N–H and O–H groups in total. The van der Waals surface area contributed by atoms with E-state index in [4.69, 9.17) is 0 Å². The van der Waals surface area contributed by atoms with Gasteiger partial charge in [-0.15, -0.1) is 0 Å². The molecule has 0 bridgehead atoms. The first-order valence-corrected chi connectivity index (χ1v) is 7.08. The van der Waals surface area contributed by atoms with Crippen molar-refractivity contribution in [2.45, 2.75) is 12.8 Å². The number of nitro groups is 1. The third-order valence-corrected chi connectivity index (χ3v) is 3.95. The van der Waals surface area contributed by atoms with Crippen molar-refractivity contribution in [1.29, 1.82) is 0 Å². The summed E-state index contributed by atoms with van der Waals surface area (Å²) in [4.78, 5) is 28.2. The maximum absolute atomic E-state index is 11.3. The Morgan fingerprint density at radius 3 is 2.91 bits per heavy atom. The van der Waals surface area contributed by atoms with Gasteiger partial charge in [-0.05, 0) is 18.9 Å². The topological polar surface area (TPSA) is 96.6 Å². The molecule has 2 heterocycles. The predicted octanol–water partition coefficient (Wildman–Crippen LogP) is 2.44. The van der Waals surface area contributed by atoms with Crippen LogP contribution in [0.15, 0.2) is 30.3 Å². The van der Waals surface area contributed by atoms with Crippen LogP contribution < -0.4 is 4.90 Å². The number of aromatic nitrogens is 1. The minimum atomic E-state index is -0.867. The van der Waals surface area contributed by atoms with Gasteiger partial charge in [0.1, 0.15) is 0 Å². The van der Waals surface area contributed by atoms with E-state index in [0.29, 0.717) is 30.3 Å². The fourth-order valence-electron chi connectivity index (χ4n) is 2.83. The van der Waals surface area contributed by atoms with Crippen LogP contribution in [0.4, 0.5) is 11.5 Å². The summed E-state index contributed by atoms with van der Waals surface area (Å²) >= 11 is 0. The quantitative estimate of drug-likeness (QED) is 0.691. The zero-order chi connectivity index (χ0) is 15.7. The van der Waals surface area contributed by atoms with Crippen LogP contribution in [0.5, 0.6) is 0 Å². The molecule has 1 aliphatic rings. The number of anilines is 1. The minimum Gasteiger partial charge on any atom is -0.481 e. The highest BCUT2D eigenvalue weighted by Gasteiger charge is 2.30. The molecular formula is C15H15N3O4. The van der Waals surface area contributed by atoms with Gasteiger partial charge in [0.15, 0.2) is 0 Å². The molecule has 1 unspecified atom stereocenters. The number of carboxylic acids is 1. The molecule has 1 aliphatic heterocycles. The first kappa shape index (κ1) is 14.2. The van der Waals surface area contributed by atoms with Crippen molar-refractivity contribution in [2.75, 3.05) is 18.0 Å². The lowest BCUT2D eigenvalue weighted by Gasteiger charge is -2.31. The van der Waals surface area contributed by atoms with Crippen molar-refractivity contribution in [2.24, 2.45) is 5.92 Å². The number of pyridine rings is 1. The summed E-state index contributed by atoms with van der Waals surface area (Å²) in [7, 11) is 0. The summed E-state index contributed by atoms with van der Waals surface area (Å²) in [6.45, 7) is 0.831. The molecule has 2 aromatic rings. The third kappa shape index (κ3) is 2.57. The maximum atomic E-state index is 11.3. The average molecular weight is 301 g/mol. The standard InChI is InChI=1S/C15H15N3O4/c19-15(20)11-5-3-7-17(9-11)14-13(18(21)22)8-10-4-1-2-6-12(10)16-14/h1-2,4,6,8,11H,3,5,7,9H2,(H,19,20). The molecule has 7 nitrogen and oxygen atoms in total. The number of benzene rings is 1. The van der Waals surface area contributed by atoms with E-state index in [2.05, 4.69) is 4.98 Å². The van der Waals surface area contributed by atoms with Gasteiger partial charge in [0.25, 0.3) is 0 Å². The molecule has 0 saturated carbocycles. The van der Waals surface area contributed by atoms with E-state index in [9.17, 15) is 20.0 Å². The van der Waals surface area contributed by atoms with Crippen LogP contribution in [0.25, 0.3) is 10.9 Å². The molecule has 1 fully saturated rings. The van der Waals surface area contributed by atoms with E-state index in [1.807, 2.05) is 6.07 Å².